The molecule has 2 fully saturated rings. The van der Waals surface area contributed by atoms with Gasteiger partial charge in [0.25, 0.3) is 5.91 Å². The van der Waals surface area contributed by atoms with Crippen LogP contribution in [0.4, 0.5) is 20.5 Å². The average Bonchev–Trinajstić information content (AvgIpc) is 2.75. The molecule has 2 saturated heterocycles. The van der Waals surface area contributed by atoms with E-state index in [1.54, 1.807) is 4.90 Å². The molecule has 0 radical (unpaired) electrons. The SMILES string of the molecule is Cc1cc(N2CCN(C(=O)c3ccc(F)c(F)c3)CC2)nc(N2CCCCC2)n1. The summed E-state index contributed by atoms with van der Waals surface area (Å²) in [7, 11) is 0. The predicted molar refractivity (Wildman–Crippen MR) is 107 cm³/mol. The lowest BCUT2D eigenvalue weighted by Gasteiger charge is -2.36. The normalized spacial score (nSPS) is 17.6. The number of aryl methyl sites for hydroxylation is 1. The van der Waals surface area contributed by atoms with Gasteiger partial charge in [-0.2, -0.15) is 4.98 Å². The molecular formula is C21H25F2N5O. The summed E-state index contributed by atoms with van der Waals surface area (Å²) in [5.74, 6) is -0.583. The van der Waals surface area contributed by atoms with Crippen molar-refractivity contribution >= 4 is 17.7 Å². The summed E-state index contributed by atoms with van der Waals surface area (Å²) in [5.41, 5.74) is 1.10. The molecule has 6 nitrogen and oxygen atoms in total. The number of benzene rings is 1. The van der Waals surface area contributed by atoms with Crippen LogP contribution in [0.25, 0.3) is 0 Å². The molecule has 0 aliphatic carbocycles. The number of halogens is 2. The van der Waals surface area contributed by atoms with Gasteiger partial charge in [-0.15, -0.1) is 0 Å². The molecule has 4 rings (SSSR count). The highest BCUT2D eigenvalue weighted by Crippen LogP contribution is 2.22. The molecule has 0 saturated carbocycles. The third kappa shape index (κ3) is 4.31. The minimum absolute atomic E-state index is 0.169. The Kier molecular flexibility index (Phi) is 5.60. The molecule has 1 amide bonds. The van der Waals surface area contributed by atoms with Crippen molar-refractivity contribution < 1.29 is 13.6 Å². The topological polar surface area (TPSA) is 52.6 Å². The number of hydrogen-bond donors (Lipinski definition) is 0. The van der Waals surface area contributed by atoms with E-state index in [9.17, 15) is 13.6 Å². The van der Waals surface area contributed by atoms with Crippen LogP contribution < -0.4 is 9.80 Å². The molecular weight excluding hydrogens is 376 g/mol. The van der Waals surface area contributed by atoms with E-state index in [-0.39, 0.29) is 11.5 Å². The van der Waals surface area contributed by atoms with E-state index in [4.69, 9.17) is 4.98 Å². The maximum Gasteiger partial charge on any atom is 0.254 e. The molecule has 1 aromatic carbocycles. The predicted octanol–water partition coefficient (Wildman–Crippen LogP) is 3.02. The van der Waals surface area contributed by atoms with Gasteiger partial charge < -0.3 is 14.7 Å². The van der Waals surface area contributed by atoms with E-state index in [1.807, 2.05) is 13.0 Å². The number of carbonyl (C=O) groups excluding carboxylic acids is 1. The molecule has 3 heterocycles. The summed E-state index contributed by atoms with van der Waals surface area (Å²) in [6.45, 7) is 6.21. The van der Waals surface area contributed by atoms with E-state index >= 15 is 0 Å². The number of hydrogen-bond acceptors (Lipinski definition) is 5. The van der Waals surface area contributed by atoms with Crippen LogP contribution in [0, 0.1) is 18.6 Å². The zero-order valence-corrected chi connectivity index (χ0v) is 16.6. The molecule has 2 aliphatic rings. The first-order chi connectivity index (χ1) is 14.0. The van der Waals surface area contributed by atoms with Crippen LogP contribution in [-0.4, -0.2) is 60.0 Å². The molecule has 1 aromatic heterocycles. The molecule has 154 valence electrons. The molecule has 2 aliphatic heterocycles. The fourth-order valence-electron chi connectivity index (χ4n) is 3.88. The zero-order chi connectivity index (χ0) is 20.4. The quantitative estimate of drug-likeness (QED) is 0.791. The highest BCUT2D eigenvalue weighted by Gasteiger charge is 2.25. The number of piperazine rings is 1. The third-order valence-electron chi connectivity index (χ3n) is 5.53. The first-order valence-corrected chi connectivity index (χ1v) is 10.1. The Morgan fingerprint density at radius 2 is 1.59 bits per heavy atom. The summed E-state index contributed by atoms with van der Waals surface area (Å²) in [6.07, 6.45) is 3.58. The number of carbonyl (C=O) groups is 1. The van der Waals surface area contributed by atoms with Crippen molar-refractivity contribution in [2.24, 2.45) is 0 Å². The fourth-order valence-corrected chi connectivity index (χ4v) is 3.88. The Morgan fingerprint density at radius 1 is 0.862 bits per heavy atom. The molecule has 0 unspecified atom stereocenters. The first-order valence-electron chi connectivity index (χ1n) is 10.1. The lowest BCUT2D eigenvalue weighted by Crippen LogP contribution is -2.49. The second-order valence-corrected chi connectivity index (χ2v) is 7.62. The molecule has 0 atom stereocenters. The second kappa shape index (κ2) is 8.31. The van der Waals surface area contributed by atoms with Gasteiger partial charge in [0.2, 0.25) is 5.95 Å². The van der Waals surface area contributed by atoms with Crippen molar-refractivity contribution in [1.29, 1.82) is 0 Å². The van der Waals surface area contributed by atoms with Crippen LogP contribution in [0.2, 0.25) is 0 Å². The van der Waals surface area contributed by atoms with Gasteiger partial charge in [0.1, 0.15) is 5.82 Å². The van der Waals surface area contributed by atoms with Crippen molar-refractivity contribution in [3.8, 4) is 0 Å². The summed E-state index contributed by atoms with van der Waals surface area (Å²) in [5, 5.41) is 0. The van der Waals surface area contributed by atoms with Crippen LogP contribution in [0.5, 0.6) is 0 Å². The van der Waals surface area contributed by atoms with Crippen LogP contribution in [0.15, 0.2) is 24.3 Å². The second-order valence-electron chi connectivity index (χ2n) is 7.62. The lowest BCUT2D eigenvalue weighted by atomic mass is 10.1. The number of aromatic nitrogens is 2. The summed E-state index contributed by atoms with van der Waals surface area (Å²) >= 11 is 0. The summed E-state index contributed by atoms with van der Waals surface area (Å²) in [4.78, 5) is 28.0. The highest BCUT2D eigenvalue weighted by molar-refractivity contribution is 5.94. The van der Waals surface area contributed by atoms with Gasteiger partial charge in [-0.3, -0.25) is 4.79 Å². The zero-order valence-electron chi connectivity index (χ0n) is 16.6. The smallest absolute Gasteiger partial charge is 0.254 e. The van der Waals surface area contributed by atoms with Gasteiger partial charge in [0.15, 0.2) is 11.6 Å². The van der Waals surface area contributed by atoms with Crippen molar-refractivity contribution in [2.75, 3.05) is 49.1 Å². The molecule has 0 N–H and O–H groups in total. The van der Waals surface area contributed by atoms with Crippen LogP contribution >= 0.6 is 0 Å². The van der Waals surface area contributed by atoms with E-state index in [0.717, 1.165) is 55.5 Å². The molecule has 29 heavy (non-hydrogen) atoms. The Morgan fingerprint density at radius 3 is 2.28 bits per heavy atom. The minimum atomic E-state index is -1.00. The van der Waals surface area contributed by atoms with E-state index in [1.165, 1.54) is 12.5 Å². The molecule has 0 spiro atoms. The fraction of sp³-hybridized carbons (Fsp3) is 0.476. The maximum atomic E-state index is 13.4. The average molecular weight is 401 g/mol. The van der Waals surface area contributed by atoms with Gasteiger partial charge in [0.05, 0.1) is 0 Å². The Bertz CT molecular complexity index is 893. The van der Waals surface area contributed by atoms with Crippen molar-refractivity contribution in [2.45, 2.75) is 26.2 Å². The third-order valence-corrected chi connectivity index (χ3v) is 5.53. The standard InChI is InChI=1S/C21H25F2N5O/c1-15-13-19(25-21(24-15)28-7-3-2-4-8-28)26-9-11-27(12-10-26)20(29)16-5-6-17(22)18(23)14-16/h5-6,13-14H,2-4,7-12H2,1H3. The number of piperidine rings is 1. The van der Waals surface area contributed by atoms with E-state index in [0.29, 0.717) is 26.2 Å². The first kappa shape index (κ1) is 19.5. The van der Waals surface area contributed by atoms with Gasteiger partial charge in [-0.05, 0) is 44.4 Å². The van der Waals surface area contributed by atoms with E-state index < -0.39 is 11.6 Å². The monoisotopic (exact) mass is 401 g/mol. The van der Waals surface area contributed by atoms with Crippen LogP contribution in [0.1, 0.15) is 35.3 Å². The maximum absolute atomic E-state index is 13.4. The van der Waals surface area contributed by atoms with Gasteiger partial charge >= 0.3 is 0 Å². The van der Waals surface area contributed by atoms with Gasteiger partial charge in [-0.1, -0.05) is 0 Å². The van der Waals surface area contributed by atoms with Crippen molar-refractivity contribution in [3.05, 3.63) is 47.2 Å². The number of nitrogens with zero attached hydrogens (tertiary/aromatic N) is 5. The molecule has 0 bridgehead atoms. The number of amides is 1. The molecule has 8 heteroatoms. The number of anilines is 2. The highest BCUT2D eigenvalue weighted by atomic mass is 19.2. The summed E-state index contributed by atoms with van der Waals surface area (Å²) in [6, 6.07) is 5.25. The largest absolute Gasteiger partial charge is 0.353 e. The van der Waals surface area contributed by atoms with Crippen molar-refractivity contribution in [1.82, 2.24) is 14.9 Å². The van der Waals surface area contributed by atoms with E-state index in [2.05, 4.69) is 14.8 Å². The lowest BCUT2D eigenvalue weighted by molar-refractivity contribution is 0.0746. The van der Waals surface area contributed by atoms with Gasteiger partial charge in [-0.25, -0.2) is 13.8 Å². The van der Waals surface area contributed by atoms with Crippen molar-refractivity contribution in [3.63, 3.8) is 0 Å². The minimum Gasteiger partial charge on any atom is -0.353 e. The molecule has 2 aromatic rings. The number of rotatable bonds is 3. The Balaban J connectivity index is 1.43. The van der Waals surface area contributed by atoms with Crippen LogP contribution in [-0.2, 0) is 0 Å². The summed E-state index contributed by atoms with van der Waals surface area (Å²) < 4.78 is 26.6. The Hall–Kier alpha value is -2.77. The Labute approximate surface area is 169 Å². The van der Waals surface area contributed by atoms with Gasteiger partial charge in [0, 0.05) is 56.6 Å². The van der Waals surface area contributed by atoms with Crippen LogP contribution in [0.3, 0.4) is 0 Å².